The van der Waals surface area contributed by atoms with E-state index in [-0.39, 0.29) is 5.91 Å². The maximum atomic E-state index is 12.8. The molecule has 0 unspecified atom stereocenters. The van der Waals surface area contributed by atoms with Gasteiger partial charge in [0.25, 0.3) is 5.91 Å². The van der Waals surface area contributed by atoms with E-state index in [2.05, 4.69) is 11.7 Å². The van der Waals surface area contributed by atoms with Crippen molar-refractivity contribution >= 4 is 23.4 Å². The lowest BCUT2D eigenvalue weighted by atomic mass is 10.1. The third kappa shape index (κ3) is 3.52. The van der Waals surface area contributed by atoms with Gasteiger partial charge in [-0.2, -0.15) is 10.1 Å². The van der Waals surface area contributed by atoms with Crippen LogP contribution in [0.25, 0.3) is 6.08 Å². The summed E-state index contributed by atoms with van der Waals surface area (Å²) in [4.78, 5) is 12.8. The maximum absolute atomic E-state index is 12.8. The van der Waals surface area contributed by atoms with Crippen molar-refractivity contribution < 1.29 is 14.3 Å². The lowest BCUT2D eigenvalue weighted by Crippen LogP contribution is -2.21. The molecule has 0 fully saturated rings. The van der Waals surface area contributed by atoms with Crippen LogP contribution in [0.4, 0.5) is 5.69 Å². The van der Waals surface area contributed by atoms with Crippen LogP contribution in [0.15, 0.2) is 71.9 Å². The summed E-state index contributed by atoms with van der Waals surface area (Å²) >= 11 is 0. The molecule has 2 aromatic rings. The minimum absolute atomic E-state index is 0.153. The van der Waals surface area contributed by atoms with E-state index < -0.39 is 0 Å². The van der Waals surface area contributed by atoms with Crippen molar-refractivity contribution in [2.75, 3.05) is 18.7 Å². The van der Waals surface area contributed by atoms with Crippen LogP contribution in [0.5, 0.6) is 11.5 Å². The highest BCUT2D eigenvalue weighted by molar-refractivity contribution is 6.32. The van der Waals surface area contributed by atoms with Gasteiger partial charge in [-0.15, -0.1) is 0 Å². The zero-order valence-electron chi connectivity index (χ0n) is 14.8. The lowest BCUT2D eigenvalue weighted by Gasteiger charge is -2.11. The van der Waals surface area contributed by atoms with Crippen molar-refractivity contribution in [3.63, 3.8) is 0 Å². The average Bonchev–Trinajstić information content (AvgIpc) is 2.95. The first kappa shape index (κ1) is 17.5. The smallest absolute Gasteiger partial charge is 0.280 e. The largest absolute Gasteiger partial charge is 0.493 e. The second-order valence-electron chi connectivity index (χ2n) is 5.71. The van der Waals surface area contributed by atoms with E-state index in [0.717, 1.165) is 11.3 Å². The van der Waals surface area contributed by atoms with Crippen LogP contribution in [0, 0.1) is 0 Å². The van der Waals surface area contributed by atoms with Crippen molar-refractivity contribution in [1.82, 2.24) is 0 Å². The molecule has 1 aliphatic rings. The first-order valence-corrected chi connectivity index (χ1v) is 8.22. The number of benzene rings is 2. The van der Waals surface area contributed by atoms with Gasteiger partial charge in [-0.05, 0) is 42.8 Å². The number of hydrogen-bond acceptors (Lipinski definition) is 4. The van der Waals surface area contributed by atoms with E-state index in [4.69, 9.17) is 9.47 Å². The summed E-state index contributed by atoms with van der Waals surface area (Å²) < 4.78 is 10.9. The molecule has 1 amide bonds. The van der Waals surface area contributed by atoms with Crippen LogP contribution in [-0.4, -0.2) is 25.3 Å². The van der Waals surface area contributed by atoms with E-state index in [1.807, 2.05) is 61.5 Å². The number of nitrogens with zero attached hydrogens (tertiary/aromatic N) is 2. The standard InChI is InChI=1S/C21H20N2O3/c1-4-12-26-19-11-10-16(14-20(19)25-3)13-18-15(2)22-23(21(18)24)17-8-6-5-7-9-17/h4-11,13-14H,1,12H2,2-3H3/b18-13-. The van der Waals surface area contributed by atoms with Gasteiger partial charge in [0.2, 0.25) is 0 Å². The first-order valence-electron chi connectivity index (χ1n) is 8.22. The van der Waals surface area contributed by atoms with Crippen LogP contribution in [-0.2, 0) is 4.79 Å². The van der Waals surface area contributed by atoms with E-state index in [1.54, 1.807) is 13.2 Å². The second-order valence-corrected chi connectivity index (χ2v) is 5.71. The molecule has 0 spiro atoms. The lowest BCUT2D eigenvalue weighted by molar-refractivity contribution is -0.114. The van der Waals surface area contributed by atoms with Gasteiger partial charge in [-0.3, -0.25) is 4.79 Å². The number of ether oxygens (including phenoxy) is 2. The molecular weight excluding hydrogens is 328 g/mol. The number of methoxy groups -OCH3 is 1. The Kier molecular flexibility index (Phi) is 5.17. The molecule has 1 aliphatic heterocycles. The predicted octanol–water partition coefficient (Wildman–Crippen LogP) is 4.07. The minimum atomic E-state index is -0.153. The SMILES string of the molecule is C=CCOc1ccc(/C=C2\C(=O)N(c3ccccc3)N=C2C)cc1OC. The van der Waals surface area contributed by atoms with E-state index in [0.29, 0.717) is 29.4 Å². The molecule has 0 atom stereocenters. The number of rotatable bonds is 6. The summed E-state index contributed by atoms with van der Waals surface area (Å²) in [5, 5.41) is 5.80. The number of hydrazone groups is 1. The van der Waals surface area contributed by atoms with Gasteiger partial charge in [0.05, 0.1) is 24.1 Å². The van der Waals surface area contributed by atoms with Gasteiger partial charge in [-0.25, -0.2) is 0 Å². The number of hydrogen-bond donors (Lipinski definition) is 0. The van der Waals surface area contributed by atoms with Crippen LogP contribution in [0.2, 0.25) is 0 Å². The average molecular weight is 348 g/mol. The zero-order valence-corrected chi connectivity index (χ0v) is 14.8. The highest BCUT2D eigenvalue weighted by atomic mass is 16.5. The Balaban J connectivity index is 1.89. The fraction of sp³-hybridized carbons (Fsp3) is 0.143. The first-order chi connectivity index (χ1) is 12.6. The second kappa shape index (κ2) is 7.70. The van der Waals surface area contributed by atoms with E-state index in [1.165, 1.54) is 5.01 Å². The molecule has 26 heavy (non-hydrogen) atoms. The minimum Gasteiger partial charge on any atom is -0.493 e. The van der Waals surface area contributed by atoms with Crippen molar-refractivity contribution in [2.45, 2.75) is 6.92 Å². The van der Waals surface area contributed by atoms with Gasteiger partial charge < -0.3 is 9.47 Å². The molecule has 0 saturated carbocycles. The van der Waals surface area contributed by atoms with Gasteiger partial charge in [0.15, 0.2) is 11.5 Å². The quantitative estimate of drug-likeness (QED) is 0.584. The number of anilines is 1. The molecule has 5 heteroatoms. The summed E-state index contributed by atoms with van der Waals surface area (Å²) in [6.07, 6.45) is 3.48. The van der Waals surface area contributed by atoms with Crippen LogP contribution in [0.1, 0.15) is 12.5 Å². The molecule has 3 rings (SSSR count). The molecule has 0 N–H and O–H groups in total. The Labute approximate surface area is 152 Å². The van der Waals surface area contributed by atoms with Crippen molar-refractivity contribution in [2.24, 2.45) is 5.10 Å². The highest BCUT2D eigenvalue weighted by Crippen LogP contribution is 2.30. The Morgan fingerprint density at radius 2 is 1.92 bits per heavy atom. The predicted molar refractivity (Wildman–Crippen MR) is 104 cm³/mol. The maximum Gasteiger partial charge on any atom is 0.280 e. The van der Waals surface area contributed by atoms with Crippen LogP contribution < -0.4 is 14.5 Å². The molecular formula is C21H20N2O3. The fourth-order valence-corrected chi connectivity index (χ4v) is 2.64. The zero-order chi connectivity index (χ0) is 18.5. The number of carbonyl (C=O) groups excluding carboxylic acids is 1. The van der Waals surface area contributed by atoms with Gasteiger partial charge in [0.1, 0.15) is 6.61 Å². The van der Waals surface area contributed by atoms with Crippen LogP contribution in [0.3, 0.4) is 0 Å². The van der Waals surface area contributed by atoms with Gasteiger partial charge in [0, 0.05) is 0 Å². The van der Waals surface area contributed by atoms with E-state index >= 15 is 0 Å². The van der Waals surface area contributed by atoms with Crippen molar-refractivity contribution in [3.8, 4) is 11.5 Å². The molecule has 132 valence electrons. The molecule has 2 aromatic carbocycles. The Morgan fingerprint density at radius 1 is 1.15 bits per heavy atom. The summed E-state index contributed by atoms with van der Waals surface area (Å²) in [5.41, 5.74) is 2.80. The molecule has 1 heterocycles. The number of amides is 1. The highest BCUT2D eigenvalue weighted by Gasteiger charge is 2.28. The van der Waals surface area contributed by atoms with E-state index in [9.17, 15) is 4.79 Å². The van der Waals surface area contributed by atoms with Crippen molar-refractivity contribution in [3.05, 3.63) is 72.3 Å². The Morgan fingerprint density at radius 3 is 2.62 bits per heavy atom. The topological polar surface area (TPSA) is 51.1 Å². The van der Waals surface area contributed by atoms with Gasteiger partial charge in [-0.1, -0.05) is 36.9 Å². The normalized spacial score (nSPS) is 15.2. The summed E-state index contributed by atoms with van der Waals surface area (Å²) in [6, 6.07) is 14.9. The van der Waals surface area contributed by atoms with Crippen LogP contribution >= 0.6 is 0 Å². The molecule has 5 nitrogen and oxygen atoms in total. The molecule has 0 aromatic heterocycles. The third-order valence-corrected chi connectivity index (χ3v) is 3.92. The molecule has 0 aliphatic carbocycles. The number of carbonyl (C=O) groups is 1. The summed E-state index contributed by atoms with van der Waals surface area (Å²) in [7, 11) is 1.58. The summed E-state index contributed by atoms with van der Waals surface area (Å²) in [5.74, 6) is 1.07. The summed E-state index contributed by atoms with van der Waals surface area (Å²) in [6.45, 7) is 5.86. The monoisotopic (exact) mass is 348 g/mol. The Bertz CT molecular complexity index is 885. The molecule has 0 radical (unpaired) electrons. The third-order valence-electron chi connectivity index (χ3n) is 3.92. The molecule has 0 saturated heterocycles. The van der Waals surface area contributed by atoms with Crippen molar-refractivity contribution in [1.29, 1.82) is 0 Å². The Hall–Kier alpha value is -3.34. The van der Waals surface area contributed by atoms with Gasteiger partial charge >= 0.3 is 0 Å². The number of para-hydroxylation sites is 1. The fourth-order valence-electron chi connectivity index (χ4n) is 2.64. The molecule has 0 bridgehead atoms.